The molecule has 4 rings (SSSR count). The van der Waals surface area contributed by atoms with E-state index in [1.165, 1.54) is 0 Å². The smallest absolute Gasteiger partial charge is 0.272 e. The first-order valence-corrected chi connectivity index (χ1v) is 10.2. The summed E-state index contributed by atoms with van der Waals surface area (Å²) in [6.45, 7) is 1.20. The van der Waals surface area contributed by atoms with Gasteiger partial charge in [0.05, 0.1) is 14.2 Å². The third kappa shape index (κ3) is 4.28. The Bertz CT molecular complexity index is 1070. The zero-order chi connectivity index (χ0) is 21.8. The van der Waals surface area contributed by atoms with Crippen molar-refractivity contribution in [1.82, 2.24) is 20.1 Å². The highest BCUT2D eigenvalue weighted by Crippen LogP contribution is 2.34. The molecule has 2 N–H and O–H groups in total. The number of piperidine rings is 1. The summed E-state index contributed by atoms with van der Waals surface area (Å²) >= 11 is 0. The Morgan fingerprint density at radius 2 is 1.74 bits per heavy atom. The highest BCUT2D eigenvalue weighted by Gasteiger charge is 2.28. The minimum Gasteiger partial charge on any atom is -0.496 e. The number of rotatable bonds is 5. The van der Waals surface area contributed by atoms with Crippen molar-refractivity contribution in [3.05, 3.63) is 60.0 Å². The zero-order valence-electron chi connectivity index (χ0n) is 17.6. The molecule has 2 aromatic heterocycles. The monoisotopic (exact) mass is 419 g/mol. The first kappa shape index (κ1) is 20.6. The highest BCUT2D eigenvalue weighted by atomic mass is 16.5. The highest BCUT2D eigenvalue weighted by molar-refractivity contribution is 5.93. The number of ether oxygens (including phenoxy) is 2. The lowest BCUT2D eigenvalue weighted by molar-refractivity contribution is 0.0705. The summed E-state index contributed by atoms with van der Waals surface area (Å²) in [7, 11) is 3.19. The molecule has 0 aliphatic carbocycles. The molecule has 0 saturated carbocycles. The molecule has 1 aliphatic heterocycles. The number of likely N-dealkylation sites (tertiary alicyclic amines) is 1. The van der Waals surface area contributed by atoms with E-state index in [9.17, 15) is 4.79 Å². The Kier molecular flexibility index (Phi) is 5.97. The van der Waals surface area contributed by atoms with Crippen molar-refractivity contribution in [1.29, 1.82) is 0 Å². The molecular weight excluding hydrogens is 394 g/mol. The van der Waals surface area contributed by atoms with Crippen LogP contribution >= 0.6 is 0 Å². The molecule has 8 heteroatoms. The van der Waals surface area contributed by atoms with Gasteiger partial charge in [-0.25, -0.2) is 0 Å². The molecule has 0 atom stereocenters. The number of methoxy groups -OCH3 is 2. The fraction of sp³-hybridized carbons (Fsp3) is 0.304. The van der Waals surface area contributed by atoms with Crippen LogP contribution in [0, 0.1) is 0 Å². The van der Waals surface area contributed by atoms with Crippen LogP contribution < -0.4 is 15.2 Å². The summed E-state index contributed by atoms with van der Waals surface area (Å²) in [5.41, 5.74) is 8.71. The van der Waals surface area contributed by atoms with Crippen molar-refractivity contribution >= 4 is 11.7 Å². The van der Waals surface area contributed by atoms with Gasteiger partial charge in [0, 0.05) is 42.9 Å². The van der Waals surface area contributed by atoms with Crippen molar-refractivity contribution in [2.24, 2.45) is 0 Å². The molecule has 1 amide bonds. The summed E-state index contributed by atoms with van der Waals surface area (Å²) < 4.78 is 10.9. The summed E-state index contributed by atoms with van der Waals surface area (Å²) in [5.74, 6) is 1.65. The summed E-state index contributed by atoms with van der Waals surface area (Å²) in [6.07, 6.45) is 3.23. The number of aromatic nitrogens is 3. The number of carbonyl (C=O) groups is 1. The van der Waals surface area contributed by atoms with Gasteiger partial charge in [0.1, 0.15) is 28.7 Å². The normalized spacial score (nSPS) is 14.3. The van der Waals surface area contributed by atoms with Crippen molar-refractivity contribution < 1.29 is 14.3 Å². The average Bonchev–Trinajstić information content (AvgIpc) is 2.83. The third-order valence-corrected chi connectivity index (χ3v) is 5.58. The number of anilines is 1. The van der Waals surface area contributed by atoms with Gasteiger partial charge in [0.25, 0.3) is 5.91 Å². The lowest BCUT2D eigenvalue weighted by Gasteiger charge is -2.31. The maximum Gasteiger partial charge on any atom is 0.272 e. The lowest BCUT2D eigenvalue weighted by Crippen LogP contribution is -2.38. The minimum absolute atomic E-state index is 0.105. The molecule has 0 bridgehead atoms. The standard InChI is InChI=1S/C23H25N5O3/c1-30-19-12-18(25-14-17(19)15-6-4-3-5-7-15)23(29)28-10-8-16(9-11-28)22-20(31-2)13-21(24)26-27-22/h3-7,12-14,16H,8-11H2,1-2H3,(H2,24,26). The van der Waals surface area contributed by atoms with Gasteiger partial charge in [-0.3, -0.25) is 9.78 Å². The molecule has 1 aliphatic rings. The molecule has 160 valence electrons. The van der Waals surface area contributed by atoms with Crippen LogP contribution in [0.3, 0.4) is 0 Å². The van der Waals surface area contributed by atoms with E-state index in [4.69, 9.17) is 15.2 Å². The topological polar surface area (TPSA) is 103 Å². The van der Waals surface area contributed by atoms with E-state index in [2.05, 4.69) is 15.2 Å². The van der Waals surface area contributed by atoms with Crippen molar-refractivity contribution in [2.75, 3.05) is 33.0 Å². The number of carbonyl (C=O) groups excluding carboxylic acids is 1. The molecule has 3 heterocycles. The Morgan fingerprint density at radius 1 is 1.03 bits per heavy atom. The summed E-state index contributed by atoms with van der Waals surface area (Å²) in [6, 6.07) is 13.2. The molecule has 1 aromatic carbocycles. The van der Waals surface area contributed by atoms with Crippen LogP contribution in [-0.2, 0) is 0 Å². The molecule has 0 radical (unpaired) electrons. The van der Waals surface area contributed by atoms with E-state index < -0.39 is 0 Å². The number of pyridine rings is 1. The van der Waals surface area contributed by atoms with Gasteiger partial charge in [-0.2, -0.15) is 0 Å². The lowest BCUT2D eigenvalue weighted by atomic mass is 9.92. The SMILES string of the molecule is COc1cc(C(=O)N2CCC(c3nnc(N)cc3OC)CC2)ncc1-c1ccccc1. The predicted octanol–water partition coefficient (Wildman–Crippen LogP) is 3.16. The number of amides is 1. The van der Waals surface area contributed by atoms with Gasteiger partial charge < -0.3 is 20.1 Å². The zero-order valence-corrected chi connectivity index (χ0v) is 17.6. The van der Waals surface area contributed by atoms with Crippen molar-refractivity contribution in [3.8, 4) is 22.6 Å². The maximum absolute atomic E-state index is 13.1. The van der Waals surface area contributed by atoms with Crippen LogP contribution in [0.2, 0.25) is 0 Å². The summed E-state index contributed by atoms with van der Waals surface area (Å²) in [4.78, 5) is 19.3. The first-order chi connectivity index (χ1) is 15.1. The second kappa shape index (κ2) is 8.99. The van der Waals surface area contributed by atoms with Crippen LogP contribution in [0.5, 0.6) is 11.5 Å². The number of hydrogen-bond donors (Lipinski definition) is 1. The van der Waals surface area contributed by atoms with E-state index in [0.717, 1.165) is 29.7 Å². The minimum atomic E-state index is -0.105. The molecule has 0 spiro atoms. The Morgan fingerprint density at radius 3 is 2.42 bits per heavy atom. The molecule has 8 nitrogen and oxygen atoms in total. The quantitative estimate of drug-likeness (QED) is 0.677. The van der Waals surface area contributed by atoms with E-state index in [1.54, 1.807) is 32.5 Å². The third-order valence-electron chi connectivity index (χ3n) is 5.58. The van der Waals surface area contributed by atoms with E-state index >= 15 is 0 Å². The van der Waals surface area contributed by atoms with Gasteiger partial charge >= 0.3 is 0 Å². The number of nitrogens with zero attached hydrogens (tertiary/aromatic N) is 4. The van der Waals surface area contributed by atoms with E-state index in [-0.39, 0.29) is 11.8 Å². The van der Waals surface area contributed by atoms with Crippen LogP contribution in [0.25, 0.3) is 11.1 Å². The molecule has 1 fully saturated rings. The number of nitrogen functional groups attached to an aromatic ring is 1. The predicted molar refractivity (Wildman–Crippen MR) is 117 cm³/mol. The Balaban J connectivity index is 1.48. The van der Waals surface area contributed by atoms with Crippen LogP contribution in [0.1, 0.15) is 34.9 Å². The van der Waals surface area contributed by atoms with Crippen molar-refractivity contribution in [2.45, 2.75) is 18.8 Å². The molecule has 0 unspecified atom stereocenters. The second-order valence-corrected chi connectivity index (χ2v) is 7.43. The molecule has 1 saturated heterocycles. The molecule has 31 heavy (non-hydrogen) atoms. The van der Waals surface area contributed by atoms with Crippen LogP contribution in [-0.4, -0.2) is 53.3 Å². The van der Waals surface area contributed by atoms with Crippen LogP contribution in [0.4, 0.5) is 5.82 Å². The second-order valence-electron chi connectivity index (χ2n) is 7.43. The Hall–Kier alpha value is -3.68. The number of nitrogens with two attached hydrogens (primary N) is 1. The first-order valence-electron chi connectivity index (χ1n) is 10.2. The fourth-order valence-electron chi connectivity index (χ4n) is 3.92. The van der Waals surface area contributed by atoms with Gasteiger partial charge in [-0.1, -0.05) is 30.3 Å². The average molecular weight is 419 g/mol. The van der Waals surface area contributed by atoms with Crippen LogP contribution in [0.15, 0.2) is 48.7 Å². The number of benzene rings is 1. The molecule has 3 aromatic rings. The largest absolute Gasteiger partial charge is 0.496 e. The summed E-state index contributed by atoms with van der Waals surface area (Å²) in [5, 5.41) is 8.19. The maximum atomic E-state index is 13.1. The van der Waals surface area contributed by atoms with E-state index in [0.29, 0.717) is 36.1 Å². The molecular formula is C23H25N5O3. The van der Waals surface area contributed by atoms with Gasteiger partial charge in [-0.05, 0) is 18.4 Å². The fourth-order valence-corrected chi connectivity index (χ4v) is 3.92. The Labute approximate surface area is 181 Å². The van der Waals surface area contributed by atoms with E-state index in [1.807, 2.05) is 35.2 Å². The van der Waals surface area contributed by atoms with Crippen molar-refractivity contribution in [3.63, 3.8) is 0 Å². The van der Waals surface area contributed by atoms with Gasteiger partial charge in [0.2, 0.25) is 0 Å². The van der Waals surface area contributed by atoms with Gasteiger partial charge in [0.15, 0.2) is 0 Å². The number of hydrogen-bond acceptors (Lipinski definition) is 7. The van der Waals surface area contributed by atoms with Gasteiger partial charge in [-0.15, -0.1) is 10.2 Å².